The summed E-state index contributed by atoms with van der Waals surface area (Å²) in [6, 6.07) is 8.63. The largest absolute Gasteiger partial charge is 0.508 e. The zero-order chi connectivity index (χ0) is 21.1. The van der Waals surface area contributed by atoms with Crippen molar-refractivity contribution in [2.24, 2.45) is 11.3 Å². The normalized spacial score (nSPS) is 30.7. The zero-order valence-electron chi connectivity index (χ0n) is 16.7. The highest BCUT2D eigenvalue weighted by atomic mass is 16.5. The molecular formula is C23H24O6. The molecule has 2 aliphatic rings. The van der Waals surface area contributed by atoms with Crippen LogP contribution >= 0.6 is 0 Å². The number of aliphatic hydroxyl groups is 1. The van der Waals surface area contributed by atoms with Gasteiger partial charge >= 0.3 is 5.97 Å². The molecule has 0 aromatic heterocycles. The third-order valence-corrected chi connectivity index (χ3v) is 6.99. The first kappa shape index (κ1) is 19.6. The predicted octanol–water partition coefficient (Wildman–Crippen LogP) is 3.12. The Labute approximate surface area is 168 Å². The summed E-state index contributed by atoms with van der Waals surface area (Å²) in [6.07, 6.45) is 0.569. The summed E-state index contributed by atoms with van der Waals surface area (Å²) in [5.41, 5.74) is -1.32. The molecule has 0 spiro atoms. The number of phenolic OH excluding ortho intramolecular Hbond substituents is 1. The molecule has 1 fully saturated rings. The average Bonchev–Trinajstić information content (AvgIpc) is 2.86. The molecule has 0 aliphatic heterocycles. The van der Waals surface area contributed by atoms with Gasteiger partial charge in [-0.15, -0.1) is 0 Å². The number of hydrogen-bond donors (Lipinski definition) is 2. The third-order valence-electron chi connectivity index (χ3n) is 6.99. The Balaban J connectivity index is 1.84. The minimum atomic E-state index is -1.76. The van der Waals surface area contributed by atoms with E-state index in [-0.39, 0.29) is 23.9 Å². The van der Waals surface area contributed by atoms with E-state index in [0.717, 1.165) is 16.3 Å². The number of fused-ring (bicyclic) bond motifs is 5. The summed E-state index contributed by atoms with van der Waals surface area (Å²) >= 11 is 0. The molecule has 2 aromatic carbocycles. The van der Waals surface area contributed by atoms with Crippen molar-refractivity contribution in [3.63, 3.8) is 0 Å². The van der Waals surface area contributed by atoms with Gasteiger partial charge < -0.3 is 14.9 Å². The highest BCUT2D eigenvalue weighted by Gasteiger charge is 2.66. The van der Waals surface area contributed by atoms with Gasteiger partial charge in [0.1, 0.15) is 11.4 Å². The van der Waals surface area contributed by atoms with Gasteiger partial charge in [0.05, 0.1) is 0 Å². The highest BCUT2D eigenvalue weighted by Crippen LogP contribution is 2.63. The smallest absolute Gasteiger partial charge is 0.303 e. The zero-order valence-corrected chi connectivity index (χ0v) is 16.7. The topological polar surface area (TPSA) is 101 Å². The first-order valence-corrected chi connectivity index (χ1v) is 9.77. The molecule has 6 heteroatoms. The van der Waals surface area contributed by atoms with E-state index in [9.17, 15) is 24.6 Å². The van der Waals surface area contributed by atoms with Gasteiger partial charge in [0.25, 0.3) is 0 Å². The van der Waals surface area contributed by atoms with Gasteiger partial charge in [0, 0.05) is 24.3 Å². The average molecular weight is 396 g/mol. The number of ketones is 2. The van der Waals surface area contributed by atoms with Crippen LogP contribution in [0.15, 0.2) is 30.3 Å². The number of Topliss-reactive ketones (excluding diaryl/α,β-unsaturated/α-hetero) is 2. The van der Waals surface area contributed by atoms with Crippen molar-refractivity contribution in [3.05, 3.63) is 41.5 Å². The molecule has 152 valence electrons. The molecule has 1 saturated carbocycles. The van der Waals surface area contributed by atoms with Crippen molar-refractivity contribution in [2.45, 2.75) is 45.1 Å². The number of phenols is 1. The monoisotopic (exact) mass is 396 g/mol. The Hall–Kier alpha value is -2.73. The van der Waals surface area contributed by atoms with Crippen LogP contribution in [0.2, 0.25) is 0 Å². The maximum absolute atomic E-state index is 13.2. The Bertz CT molecular complexity index is 1060. The number of carbonyl (C=O) groups excluding carboxylic acids is 3. The fraction of sp³-hybridized carbons (Fsp3) is 0.435. The first-order valence-electron chi connectivity index (χ1n) is 9.77. The van der Waals surface area contributed by atoms with Crippen molar-refractivity contribution in [1.29, 1.82) is 0 Å². The molecule has 4 atom stereocenters. The maximum atomic E-state index is 13.2. The lowest BCUT2D eigenvalue weighted by atomic mass is 9.59. The Morgan fingerprint density at radius 3 is 2.66 bits per heavy atom. The van der Waals surface area contributed by atoms with Crippen LogP contribution in [0.5, 0.6) is 5.75 Å². The second kappa shape index (κ2) is 6.39. The van der Waals surface area contributed by atoms with Crippen LogP contribution < -0.4 is 0 Å². The quantitative estimate of drug-likeness (QED) is 0.773. The summed E-state index contributed by atoms with van der Waals surface area (Å²) in [6.45, 7) is 4.30. The van der Waals surface area contributed by atoms with Crippen LogP contribution in [-0.2, 0) is 14.3 Å². The highest BCUT2D eigenvalue weighted by molar-refractivity contribution is 6.11. The molecule has 6 nitrogen and oxygen atoms in total. The van der Waals surface area contributed by atoms with Gasteiger partial charge in [-0.25, -0.2) is 0 Å². The fourth-order valence-electron chi connectivity index (χ4n) is 5.57. The van der Waals surface area contributed by atoms with Crippen LogP contribution in [-0.4, -0.2) is 40.0 Å². The van der Waals surface area contributed by atoms with Crippen LogP contribution in [0, 0.1) is 11.3 Å². The van der Waals surface area contributed by atoms with E-state index >= 15 is 0 Å². The summed E-state index contributed by atoms with van der Waals surface area (Å²) < 4.78 is 4.86. The van der Waals surface area contributed by atoms with E-state index in [2.05, 4.69) is 0 Å². The predicted molar refractivity (Wildman–Crippen MR) is 106 cm³/mol. The number of esters is 1. The molecule has 0 radical (unpaired) electrons. The molecule has 2 aromatic rings. The summed E-state index contributed by atoms with van der Waals surface area (Å²) in [4.78, 5) is 37.3. The molecule has 0 amide bonds. The lowest BCUT2D eigenvalue weighted by Gasteiger charge is -2.45. The summed E-state index contributed by atoms with van der Waals surface area (Å²) in [5, 5.41) is 22.9. The number of benzene rings is 2. The van der Waals surface area contributed by atoms with Crippen molar-refractivity contribution >= 4 is 28.3 Å². The van der Waals surface area contributed by atoms with E-state index in [1.165, 1.54) is 6.92 Å². The maximum Gasteiger partial charge on any atom is 0.303 e. The Morgan fingerprint density at radius 2 is 1.97 bits per heavy atom. The van der Waals surface area contributed by atoms with E-state index < -0.39 is 35.3 Å². The molecule has 0 heterocycles. The number of ether oxygens (including phenoxy) is 1. The van der Waals surface area contributed by atoms with Gasteiger partial charge in [-0.3, -0.25) is 14.4 Å². The molecule has 29 heavy (non-hydrogen) atoms. The van der Waals surface area contributed by atoms with Gasteiger partial charge in [0.15, 0.2) is 12.4 Å². The molecule has 2 aliphatic carbocycles. The minimum absolute atomic E-state index is 0.0251. The number of aromatic hydroxyl groups is 1. The van der Waals surface area contributed by atoms with Crippen LogP contribution in [0.4, 0.5) is 0 Å². The number of rotatable bonds is 3. The van der Waals surface area contributed by atoms with Gasteiger partial charge in [-0.2, -0.15) is 0 Å². The second-order valence-electron chi connectivity index (χ2n) is 8.61. The van der Waals surface area contributed by atoms with Gasteiger partial charge in [-0.1, -0.05) is 26.0 Å². The van der Waals surface area contributed by atoms with Crippen molar-refractivity contribution in [3.8, 4) is 5.75 Å². The lowest BCUT2D eigenvalue weighted by molar-refractivity contribution is -0.164. The van der Waals surface area contributed by atoms with E-state index in [4.69, 9.17) is 4.74 Å². The molecule has 4 rings (SSSR count). The standard InChI is InChI=1S/C23H24O6/c1-12-8-18-17-6-4-14-9-15(25)5-7-16(14)21(17)19(26)10-22(18,3)23(12,28)20(27)11-29-13(2)24/h4-7,9,12,18,25,28H,8,10-11H2,1-3H3/t12-,18-,22-,23-/m0/s1. The Kier molecular flexibility index (Phi) is 4.31. The van der Waals surface area contributed by atoms with Crippen LogP contribution in [0.25, 0.3) is 10.8 Å². The molecule has 0 unspecified atom stereocenters. The van der Waals surface area contributed by atoms with Crippen molar-refractivity contribution in [2.75, 3.05) is 6.61 Å². The molecule has 0 bridgehead atoms. The molecule has 2 N–H and O–H groups in total. The number of carbonyl (C=O) groups is 3. The number of hydrogen-bond acceptors (Lipinski definition) is 6. The van der Waals surface area contributed by atoms with Gasteiger partial charge in [-0.05, 0) is 52.8 Å². The van der Waals surface area contributed by atoms with Crippen molar-refractivity contribution in [1.82, 2.24) is 0 Å². The third kappa shape index (κ3) is 2.62. The van der Waals surface area contributed by atoms with E-state index in [1.54, 1.807) is 32.0 Å². The van der Waals surface area contributed by atoms with Crippen LogP contribution in [0.1, 0.15) is 55.5 Å². The van der Waals surface area contributed by atoms with Gasteiger partial charge in [0.2, 0.25) is 5.78 Å². The van der Waals surface area contributed by atoms with Crippen LogP contribution in [0.3, 0.4) is 0 Å². The Morgan fingerprint density at radius 1 is 1.24 bits per heavy atom. The fourth-order valence-corrected chi connectivity index (χ4v) is 5.57. The summed E-state index contributed by atoms with van der Waals surface area (Å²) in [5.74, 6) is -1.74. The summed E-state index contributed by atoms with van der Waals surface area (Å²) in [7, 11) is 0. The van der Waals surface area contributed by atoms with E-state index in [0.29, 0.717) is 12.0 Å². The molecule has 0 saturated heterocycles. The lowest BCUT2D eigenvalue weighted by Crippen LogP contribution is -2.57. The molecular weight excluding hydrogens is 372 g/mol. The van der Waals surface area contributed by atoms with E-state index in [1.807, 2.05) is 12.1 Å². The SMILES string of the molecule is CC(=O)OCC(=O)[C@@]1(O)[C@@H](C)C[C@H]2c3ccc4cc(O)ccc4c3C(=O)C[C@@]21C. The second-order valence-corrected chi connectivity index (χ2v) is 8.61. The first-order chi connectivity index (χ1) is 13.6. The van der Waals surface area contributed by atoms with Crippen molar-refractivity contribution < 1.29 is 29.3 Å². The minimum Gasteiger partial charge on any atom is -0.508 e.